The van der Waals surface area contributed by atoms with Crippen LogP contribution in [0.15, 0.2) is 12.1 Å². The minimum Gasteiger partial charge on any atom is -0.504 e. The van der Waals surface area contributed by atoms with E-state index in [0.29, 0.717) is 10.8 Å². The van der Waals surface area contributed by atoms with Gasteiger partial charge in [0.25, 0.3) is 0 Å². The van der Waals surface area contributed by atoms with Crippen LogP contribution < -0.4 is 0 Å². The minimum atomic E-state index is 0.0379. The first-order valence-corrected chi connectivity index (χ1v) is 10.9. The molecule has 26 heavy (non-hydrogen) atoms. The fourth-order valence-electron chi connectivity index (χ4n) is 4.14. The van der Waals surface area contributed by atoms with Crippen LogP contribution in [0, 0.1) is 10.8 Å². The Morgan fingerprint density at radius 3 is 1.38 bits per heavy atom. The Hall–Kier alpha value is -1.18. The molecule has 0 aliphatic heterocycles. The van der Waals surface area contributed by atoms with Crippen LogP contribution in [0.5, 0.6) is 11.5 Å². The van der Waals surface area contributed by atoms with Crippen molar-refractivity contribution in [2.24, 2.45) is 10.8 Å². The summed E-state index contributed by atoms with van der Waals surface area (Å²) in [5.74, 6) is 0.0757. The van der Waals surface area contributed by atoms with Gasteiger partial charge in [-0.1, -0.05) is 39.5 Å². The maximum atomic E-state index is 9.90. The largest absolute Gasteiger partial charge is 0.504 e. The molecule has 0 bridgehead atoms. The highest BCUT2D eigenvalue weighted by Crippen LogP contribution is 2.49. The van der Waals surface area contributed by atoms with Crippen molar-refractivity contribution in [2.75, 3.05) is 0 Å². The minimum absolute atomic E-state index is 0.0379. The van der Waals surface area contributed by atoms with Gasteiger partial charge in [-0.15, -0.1) is 0 Å². The quantitative estimate of drug-likeness (QED) is 0.315. The number of aromatic hydroxyl groups is 2. The molecule has 0 saturated heterocycles. The van der Waals surface area contributed by atoms with Crippen LogP contribution in [-0.4, -0.2) is 10.2 Å². The van der Waals surface area contributed by atoms with E-state index in [0.717, 1.165) is 12.8 Å². The molecule has 0 amide bonds. The van der Waals surface area contributed by atoms with E-state index in [1.54, 1.807) is 12.1 Å². The van der Waals surface area contributed by atoms with Crippen molar-refractivity contribution in [1.82, 2.24) is 0 Å². The topological polar surface area (TPSA) is 40.5 Å². The summed E-state index contributed by atoms with van der Waals surface area (Å²) in [6.45, 7) is 4.82. The smallest absolute Gasteiger partial charge is 0.157 e. The molecule has 2 saturated carbocycles. The first-order valence-electron chi connectivity index (χ1n) is 10.9. The summed E-state index contributed by atoms with van der Waals surface area (Å²) in [5.41, 5.74) is 3.82. The van der Waals surface area contributed by atoms with Crippen molar-refractivity contribution in [1.29, 1.82) is 0 Å². The Bertz CT molecular complexity index is 543. The zero-order valence-electron chi connectivity index (χ0n) is 16.9. The second-order valence-electron chi connectivity index (χ2n) is 9.85. The summed E-state index contributed by atoms with van der Waals surface area (Å²) in [4.78, 5) is 0. The van der Waals surface area contributed by atoms with E-state index < -0.39 is 0 Å². The lowest BCUT2D eigenvalue weighted by molar-refractivity contribution is 0.402. The summed E-state index contributed by atoms with van der Waals surface area (Å²) >= 11 is 0. The SMILES string of the molecule is CC1(CCCCCc2cc(O)c(O)cc2CCCCCC2(C)CC2)CC1. The third-order valence-electron chi connectivity index (χ3n) is 6.96. The zero-order valence-corrected chi connectivity index (χ0v) is 16.9. The van der Waals surface area contributed by atoms with Gasteiger partial charge >= 0.3 is 0 Å². The van der Waals surface area contributed by atoms with Gasteiger partial charge in [-0.25, -0.2) is 0 Å². The van der Waals surface area contributed by atoms with E-state index in [9.17, 15) is 10.2 Å². The number of unbranched alkanes of at least 4 members (excludes halogenated alkanes) is 4. The molecule has 0 spiro atoms. The van der Waals surface area contributed by atoms with Crippen molar-refractivity contribution >= 4 is 0 Å². The van der Waals surface area contributed by atoms with E-state index >= 15 is 0 Å². The number of aryl methyl sites for hydroxylation is 2. The molecule has 3 rings (SSSR count). The zero-order chi connectivity index (χ0) is 18.6. The van der Waals surface area contributed by atoms with E-state index in [4.69, 9.17) is 0 Å². The van der Waals surface area contributed by atoms with Crippen LogP contribution in [0.1, 0.15) is 102 Å². The molecule has 0 atom stereocenters. The van der Waals surface area contributed by atoms with Crippen molar-refractivity contribution in [3.8, 4) is 11.5 Å². The molecule has 2 fully saturated rings. The maximum Gasteiger partial charge on any atom is 0.157 e. The average Bonchev–Trinajstić information content (AvgIpc) is 3.51. The molecule has 1 aromatic carbocycles. The molecule has 2 N–H and O–H groups in total. The molecule has 146 valence electrons. The number of rotatable bonds is 12. The normalized spacial score (nSPS) is 19.5. The van der Waals surface area contributed by atoms with Gasteiger partial charge in [-0.05, 0) is 98.3 Å². The Kier molecular flexibility index (Phi) is 6.20. The molecule has 2 nitrogen and oxygen atoms in total. The number of hydrogen-bond donors (Lipinski definition) is 2. The average molecular weight is 359 g/mol. The third kappa shape index (κ3) is 5.93. The van der Waals surface area contributed by atoms with Gasteiger partial charge in [0.2, 0.25) is 0 Å². The molecule has 0 heterocycles. The van der Waals surface area contributed by atoms with Crippen molar-refractivity contribution < 1.29 is 10.2 Å². The second kappa shape index (κ2) is 8.23. The van der Waals surface area contributed by atoms with Gasteiger partial charge < -0.3 is 10.2 Å². The Balaban J connectivity index is 1.41. The van der Waals surface area contributed by atoms with Gasteiger partial charge in [0.05, 0.1) is 0 Å². The molecule has 1 aromatic rings. The molecular weight excluding hydrogens is 320 g/mol. The Morgan fingerprint density at radius 2 is 1.04 bits per heavy atom. The Labute approximate surface area is 160 Å². The van der Waals surface area contributed by atoms with Gasteiger partial charge in [-0.3, -0.25) is 0 Å². The van der Waals surface area contributed by atoms with Gasteiger partial charge in [-0.2, -0.15) is 0 Å². The van der Waals surface area contributed by atoms with Crippen molar-refractivity contribution in [3.05, 3.63) is 23.3 Å². The highest BCUT2D eigenvalue weighted by atomic mass is 16.3. The van der Waals surface area contributed by atoms with Gasteiger partial charge in [0.1, 0.15) is 0 Å². The first-order chi connectivity index (χ1) is 12.4. The molecule has 2 aliphatic rings. The van der Waals surface area contributed by atoms with Gasteiger partial charge in [0, 0.05) is 0 Å². The highest BCUT2D eigenvalue weighted by molar-refractivity contribution is 5.45. The predicted molar refractivity (Wildman–Crippen MR) is 109 cm³/mol. The van der Waals surface area contributed by atoms with Crippen LogP contribution in [0.2, 0.25) is 0 Å². The van der Waals surface area contributed by atoms with Crippen molar-refractivity contribution in [3.63, 3.8) is 0 Å². The van der Waals surface area contributed by atoms with Crippen LogP contribution in [-0.2, 0) is 12.8 Å². The lowest BCUT2D eigenvalue weighted by atomic mass is 9.94. The molecule has 2 heteroatoms. The van der Waals surface area contributed by atoms with E-state index in [1.807, 2.05) is 0 Å². The molecular formula is C24H38O2. The molecule has 0 radical (unpaired) electrons. The molecule has 0 unspecified atom stereocenters. The fourth-order valence-corrected chi connectivity index (χ4v) is 4.14. The van der Waals surface area contributed by atoms with Gasteiger partial charge in [0.15, 0.2) is 11.5 Å². The number of phenols is 2. The predicted octanol–water partition coefficient (Wildman–Crippen LogP) is 6.90. The summed E-state index contributed by atoms with van der Waals surface area (Å²) in [5, 5.41) is 19.8. The number of benzene rings is 1. The molecule has 2 aliphatic carbocycles. The fraction of sp³-hybridized carbons (Fsp3) is 0.750. The van der Waals surface area contributed by atoms with Crippen LogP contribution in [0.3, 0.4) is 0 Å². The summed E-state index contributed by atoms with van der Waals surface area (Å²) in [6.07, 6.45) is 18.1. The van der Waals surface area contributed by atoms with E-state index in [-0.39, 0.29) is 11.5 Å². The van der Waals surface area contributed by atoms with Crippen molar-refractivity contribution in [2.45, 2.75) is 104 Å². The second-order valence-corrected chi connectivity index (χ2v) is 9.85. The number of hydrogen-bond acceptors (Lipinski definition) is 2. The first kappa shape index (κ1) is 19.6. The molecule has 0 aromatic heterocycles. The standard InChI is InChI=1S/C24H38O2/c1-23(13-14-23)11-7-3-5-9-19-17-21(25)22(26)18-20(19)10-6-4-8-12-24(2)15-16-24/h17-18,25-26H,3-16H2,1-2H3. The summed E-state index contributed by atoms with van der Waals surface area (Å²) in [6, 6.07) is 3.61. The lowest BCUT2D eigenvalue weighted by Gasteiger charge is -2.13. The summed E-state index contributed by atoms with van der Waals surface area (Å²) < 4.78 is 0. The van der Waals surface area contributed by atoms with Crippen LogP contribution >= 0.6 is 0 Å². The highest BCUT2D eigenvalue weighted by Gasteiger charge is 2.36. The maximum absolute atomic E-state index is 9.90. The van der Waals surface area contributed by atoms with Crippen LogP contribution in [0.4, 0.5) is 0 Å². The van der Waals surface area contributed by atoms with E-state index in [2.05, 4.69) is 13.8 Å². The summed E-state index contributed by atoms with van der Waals surface area (Å²) in [7, 11) is 0. The number of phenolic OH excluding ortho intramolecular Hbond substituents is 2. The van der Waals surface area contributed by atoms with E-state index in [1.165, 1.54) is 88.2 Å². The third-order valence-corrected chi connectivity index (χ3v) is 6.96. The Morgan fingerprint density at radius 1 is 0.654 bits per heavy atom. The lowest BCUT2D eigenvalue weighted by Crippen LogP contribution is -1.98. The monoisotopic (exact) mass is 358 g/mol. The van der Waals surface area contributed by atoms with Crippen LogP contribution in [0.25, 0.3) is 0 Å².